The van der Waals surface area contributed by atoms with Crippen molar-refractivity contribution in [1.29, 1.82) is 0 Å². The van der Waals surface area contributed by atoms with Crippen molar-refractivity contribution in [3.8, 4) is 11.5 Å². The Labute approximate surface area is 129 Å². The summed E-state index contributed by atoms with van der Waals surface area (Å²) in [5.74, 6) is 0.761. The Kier molecular flexibility index (Phi) is 3.66. The van der Waals surface area contributed by atoms with E-state index in [4.69, 9.17) is 13.9 Å². The molecule has 0 amide bonds. The van der Waals surface area contributed by atoms with Crippen molar-refractivity contribution in [3.63, 3.8) is 0 Å². The van der Waals surface area contributed by atoms with Crippen molar-refractivity contribution in [1.82, 2.24) is 0 Å². The van der Waals surface area contributed by atoms with Crippen LogP contribution < -0.4 is 9.47 Å². The Morgan fingerprint density at radius 3 is 2.48 bits per heavy atom. The molecular formula is C16H11BrO4. The van der Waals surface area contributed by atoms with Crippen molar-refractivity contribution in [2.45, 2.75) is 0 Å². The number of carbonyl (C=O) groups is 1. The van der Waals surface area contributed by atoms with Crippen molar-refractivity contribution in [3.05, 3.63) is 58.8 Å². The third-order valence-electron chi connectivity index (χ3n) is 2.95. The van der Waals surface area contributed by atoms with E-state index < -0.39 is 5.97 Å². The summed E-state index contributed by atoms with van der Waals surface area (Å²) >= 11 is 3.38. The van der Waals surface area contributed by atoms with Gasteiger partial charge in [-0.25, -0.2) is 4.79 Å². The normalized spacial score (nSPS) is 10.6. The fourth-order valence-corrected chi connectivity index (χ4v) is 2.29. The van der Waals surface area contributed by atoms with Crippen LogP contribution in [0.1, 0.15) is 10.6 Å². The minimum absolute atomic E-state index is 0.166. The molecule has 1 heterocycles. The second kappa shape index (κ2) is 5.61. The van der Waals surface area contributed by atoms with Gasteiger partial charge in [-0.15, -0.1) is 0 Å². The van der Waals surface area contributed by atoms with Crippen LogP contribution in [0.4, 0.5) is 0 Å². The molecule has 0 aliphatic rings. The first-order chi connectivity index (χ1) is 10.2. The zero-order chi connectivity index (χ0) is 14.8. The van der Waals surface area contributed by atoms with Gasteiger partial charge in [-0.05, 0) is 48.5 Å². The van der Waals surface area contributed by atoms with Crippen LogP contribution in [0.3, 0.4) is 0 Å². The summed E-state index contributed by atoms with van der Waals surface area (Å²) in [6.45, 7) is 0. The molecule has 0 radical (unpaired) electrons. The number of hydrogen-bond acceptors (Lipinski definition) is 4. The second-order valence-electron chi connectivity index (χ2n) is 4.36. The molecule has 0 bridgehead atoms. The van der Waals surface area contributed by atoms with E-state index in [1.165, 1.54) is 0 Å². The van der Waals surface area contributed by atoms with Crippen molar-refractivity contribution >= 4 is 32.9 Å². The Morgan fingerprint density at radius 1 is 1.05 bits per heavy atom. The summed E-state index contributed by atoms with van der Waals surface area (Å²) in [5.41, 5.74) is 0.639. The van der Waals surface area contributed by atoms with Gasteiger partial charge in [0.15, 0.2) is 0 Å². The molecular weight excluding hydrogens is 336 g/mol. The minimum atomic E-state index is -0.535. The molecule has 5 heteroatoms. The molecule has 0 atom stereocenters. The molecule has 0 fully saturated rings. The molecule has 0 saturated carbocycles. The van der Waals surface area contributed by atoms with Gasteiger partial charge in [0.1, 0.15) is 17.1 Å². The maximum atomic E-state index is 12.1. The van der Waals surface area contributed by atoms with Crippen LogP contribution in [0.25, 0.3) is 11.0 Å². The van der Waals surface area contributed by atoms with Crippen molar-refractivity contribution in [2.24, 2.45) is 0 Å². The van der Waals surface area contributed by atoms with Gasteiger partial charge in [-0.1, -0.05) is 15.9 Å². The number of hydrogen-bond donors (Lipinski definition) is 0. The topological polar surface area (TPSA) is 48.7 Å². The van der Waals surface area contributed by atoms with E-state index >= 15 is 0 Å². The Morgan fingerprint density at radius 2 is 1.76 bits per heavy atom. The lowest BCUT2D eigenvalue weighted by Crippen LogP contribution is -2.06. The lowest BCUT2D eigenvalue weighted by Gasteiger charge is -2.03. The third-order valence-corrected chi connectivity index (χ3v) is 3.44. The minimum Gasteiger partial charge on any atom is -0.497 e. The van der Waals surface area contributed by atoms with Gasteiger partial charge in [-0.2, -0.15) is 0 Å². The molecule has 0 unspecified atom stereocenters. The third kappa shape index (κ3) is 2.92. The number of fused-ring (bicyclic) bond motifs is 1. The number of benzene rings is 2. The predicted molar refractivity (Wildman–Crippen MR) is 81.9 cm³/mol. The average Bonchev–Trinajstić information content (AvgIpc) is 2.91. The van der Waals surface area contributed by atoms with Crippen molar-refractivity contribution in [2.75, 3.05) is 7.11 Å². The smallest absolute Gasteiger partial charge is 0.379 e. The molecule has 2 aromatic carbocycles. The first-order valence-electron chi connectivity index (χ1n) is 6.21. The van der Waals surface area contributed by atoms with Crippen LogP contribution in [0.15, 0.2) is 57.4 Å². The lowest BCUT2D eigenvalue weighted by atomic mass is 10.2. The largest absolute Gasteiger partial charge is 0.497 e. The van der Waals surface area contributed by atoms with E-state index in [0.717, 1.165) is 9.86 Å². The number of furan rings is 1. The highest BCUT2D eigenvalue weighted by Gasteiger charge is 2.15. The summed E-state index contributed by atoms with van der Waals surface area (Å²) in [6, 6.07) is 14.0. The average molecular weight is 347 g/mol. The molecule has 0 saturated heterocycles. The molecule has 3 aromatic rings. The number of halogens is 1. The molecule has 0 spiro atoms. The fraction of sp³-hybridized carbons (Fsp3) is 0.0625. The van der Waals surface area contributed by atoms with Gasteiger partial charge in [0.2, 0.25) is 5.76 Å². The summed E-state index contributed by atoms with van der Waals surface area (Å²) in [6.07, 6.45) is 0. The lowest BCUT2D eigenvalue weighted by molar-refractivity contribution is 0.0704. The predicted octanol–water partition coefficient (Wildman–Crippen LogP) is 4.42. The Hall–Kier alpha value is -2.27. The number of rotatable bonds is 3. The van der Waals surface area contributed by atoms with Gasteiger partial charge >= 0.3 is 5.97 Å². The number of methoxy groups -OCH3 is 1. The molecule has 4 nitrogen and oxygen atoms in total. The van der Waals surface area contributed by atoms with E-state index in [9.17, 15) is 4.79 Å². The van der Waals surface area contributed by atoms with Gasteiger partial charge in [0, 0.05) is 9.86 Å². The van der Waals surface area contributed by atoms with E-state index in [1.54, 1.807) is 43.5 Å². The quantitative estimate of drug-likeness (QED) is 0.520. The summed E-state index contributed by atoms with van der Waals surface area (Å²) in [4.78, 5) is 12.1. The number of ether oxygens (including phenoxy) is 2. The standard InChI is InChI=1S/C16H11BrO4/c1-19-12-3-5-13(6-4-12)20-16(18)15-9-10-8-11(17)2-7-14(10)21-15/h2-9H,1H3. The van der Waals surface area contributed by atoms with Crippen LogP contribution in [0.5, 0.6) is 11.5 Å². The Bertz CT molecular complexity index is 790. The van der Waals surface area contributed by atoms with Crippen molar-refractivity contribution < 1.29 is 18.7 Å². The monoisotopic (exact) mass is 346 g/mol. The van der Waals surface area contributed by atoms with Crippen LogP contribution in [-0.4, -0.2) is 13.1 Å². The second-order valence-corrected chi connectivity index (χ2v) is 5.27. The van der Waals surface area contributed by atoms with Gasteiger partial charge in [-0.3, -0.25) is 0 Å². The number of carbonyl (C=O) groups excluding carboxylic acids is 1. The van der Waals surface area contributed by atoms with E-state index in [0.29, 0.717) is 17.1 Å². The van der Waals surface area contributed by atoms with E-state index in [-0.39, 0.29) is 5.76 Å². The maximum Gasteiger partial charge on any atom is 0.379 e. The van der Waals surface area contributed by atoms with E-state index in [1.807, 2.05) is 12.1 Å². The van der Waals surface area contributed by atoms with Gasteiger partial charge in [0.05, 0.1) is 7.11 Å². The zero-order valence-electron chi connectivity index (χ0n) is 11.1. The van der Waals surface area contributed by atoms with E-state index in [2.05, 4.69) is 15.9 Å². The first kappa shape index (κ1) is 13.7. The first-order valence-corrected chi connectivity index (χ1v) is 7.00. The highest BCUT2D eigenvalue weighted by atomic mass is 79.9. The summed E-state index contributed by atoms with van der Waals surface area (Å²) in [5, 5.41) is 0.839. The van der Waals surface area contributed by atoms with Gasteiger partial charge in [0.25, 0.3) is 0 Å². The van der Waals surface area contributed by atoms with Crippen LogP contribution in [0, 0.1) is 0 Å². The summed E-state index contributed by atoms with van der Waals surface area (Å²) < 4.78 is 16.7. The molecule has 0 N–H and O–H groups in total. The highest BCUT2D eigenvalue weighted by Crippen LogP contribution is 2.24. The molecule has 3 rings (SSSR count). The fourth-order valence-electron chi connectivity index (χ4n) is 1.92. The molecule has 0 aliphatic carbocycles. The molecule has 21 heavy (non-hydrogen) atoms. The van der Waals surface area contributed by atoms with Crippen LogP contribution in [-0.2, 0) is 0 Å². The Balaban J connectivity index is 1.82. The zero-order valence-corrected chi connectivity index (χ0v) is 12.7. The van der Waals surface area contributed by atoms with Crippen LogP contribution in [0.2, 0.25) is 0 Å². The maximum absolute atomic E-state index is 12.1. The molecule has 0 aliphatic heterocycles. The summed E-state index contributed by atoms with van der Waals surface area (Å²) in [7, 11) is 1.58. The van der Waals surface area contributed by atoms with Gasteiger partial charge < -0.3 is 13.9 Å². The number of esters is 1. The molecule has 106 valence electrons. The molecule has 1 aromatic heterocycles. The van der Waals surface area contributed by atoms with Crippen LogP contribution >= 0.6 is 15.9 Å². The SMILES string of the molecule is COc1ccc(OC(=O)c2cc3cc(Br)ccc3o2)cc1. The highest BCUT2D eigenvalue weighted by molar-refractivity contribution is 9.10.